The lowest BCUT2D eigenvalue weighted by Gasteiger charge is -2.32. The van der Waals surface area contributed by atoms with E-state index >= 15 is 0 Å². The van der Waals surface area contributed by atoms with Gasteiger partial charge in [-0.2, -0.15) is 0 Å². The van der Waals surface area contributed by atoms with E-state index in [0.29, 0.717) is 44.5 Å². The van der Waals surface area contributed by atoms with Gasteiger partial charge in [0.25, 0.3) is 0 Å². The molecular weight excluding hydrogens is 349 g/mol. The van der Waals surface area contributed by atoms with Crippen LogP contribution in [0, 0.1) is 11.7 Å². The van der Waals surface area contributed by atoms with E-state index in [9.17, 15) is 18.8 Å². The van der Waals surface area contributed by atoms with Crippen molar-refractivity contribution in [1.82, 2.24) is 15.1 Å². The molecule has 0 bridgehead atoms. The number of nitrogens with zero attached hydrogens (tertiary/aromatic N) is 2. The van der Waals surface area contributed by atoms with E-state index in [2.05, 4.69) is 5.32 Å². The van der Waals surface area contributed by atoms with Crippen molar-refractivity contribution < 1.29 is 18.8 Å². The summed E-state index contributed by atoms with van der Waals surface area (Å²) in [5, 5.41) is 2.84. The average Bonchev–Trinajstić information content (AvgIpc) is 3.06. The fraction of sp³-hybridized carbons (Fsp3) is 0.550. The number of benzene rings is 1. The minimum atomic E-state index is -0.326. The predicted molar refractivity (Wildman–Crippen MR) is 98.0 cm³/mol. The summed E-state index contributed by atoms with van der Waals surface area (Å²) < 4.78 is 13.2. The summed E-state index contributed by atoms with van der Waals surface area (Å²) >= 11 is 0. The number of hydrogen-bond donors (Lipinski definition) is 1. The molecule has 1 aromatic carbocycles. The van der Waals surface area contributed by atoms with Gasteiger partial charge in [-0.15, -0.1) is 0 Å². The maximum atomic E-state index is 13.2. The second-order valence-corrected chi connectivity index (χ2v) is 7.26. The first kappa shape index (κ1) is 19.3. The molecule has 0 aromatic heterocycles. The summed E-state index contributed by atoms with van der Waals surface area (Å²) in [5.74, 6) is -0.421. The minimum absolute atomic E-state index is 0.0666. The van der Waals surface area contributed by atoms with Gasteiger partial charge in [0.15, 0.2) is 0 Å². The Morgan fingerprint density at radius 3 is 2.67 bits per heavy atom. The van der Waals surface area contributed by atoms with Crippen molar-refractivity contribution in [1.29, 1.82) is 0 Å². The van der Waals surface area contributed by atoms with Crippen molar-refractivity contribution in [2.24, 2.45) is 5.92 Å². The van der Waals surface area contributed by atoms with Gasteiger partial charge in [0, 0.05) is 45.6 Å². The fourth-order valence-corrected chi connectivity index (χ4v) is 3.72. The number of hydrogen-bond acceptors (Lipinski definition) is 3. The Kier molecular flexibility index (Phi) is 6.42. The molecule has 2 saturated heterocycles. The quantitative estimate of drug-likeness (QED) is 0.789. The zero-order valence-electron chi connectivity index (χ0n) is 15.5. The van der Waals surface area contributed by atoms with Gasteiger partial charge in [-0.1, -0.05) is 12.1 Å². The Labute approximate surface area is 158 Å². The normalized spacial score (nSPS) is 20.3. The molecule has 1 N–H and O–H groups in total. The monoisotopic (exact) mass is 375 g/mol. The molecule has 1 atom stereocenters. The Morgan fingerprint density at radius 2 is 1.93 bits per heavy atom. The van der Waals surface area contributed by atoms with Crippen LogP contribution in [0.1, 0.15) is 37.7 Å². The fourth-order valence-electron chi connectivity index (χ4n) is 3.72. The van der Waals surface area contributed by atoms with Crippen LogP contribution in [0.2, 0.25) is 0 Å². The molecular formula is C20H26FN3O3. The van der Waals surface area contributed by atoms with Gasteiger partial charge in [-0.05, 0) is 37.0 Å². The molecule has 6 nitrogen and oxygen atoms in total. The van der Waals surface area contributed by atoms with Crippen LogP contribution < -0.4 is 5.32 Å². The summed E-state index contributed by atoms with van der Waals surface area (Å²) in [6.45, 7) is 2.72. The number of carbonyl (C=O) groups is 3. The number of likely N-dealkylation sites (tertiary alicyclic amines) is 2. The van der Waals surface area contributed by atoms with Gasteiger partial charge in [0.05, 0.1) is 5.92 Å². The van der Waals surface area contributed by atoms with E-state index in [-0.39, 0.29) is 36.0 Å². The van der Waals surface area contributed by atoms with Crippen LogP contribution >= 0.6 is 0 Å². The molecule has 2 heterocycles. The van der Waals surface area contributed by atoms with Crippen LogP contribution in [0.3, 0.4) is 0 Å². The van der Waals surface area contributed by atoms with E-state index in [1.807, 2.05) is 4.90 Å². The average molecular weight is 375 g/mol. The van der Waals surface area contributed by atoms with Gasteiger partial charge < -0.3 is 15.1 Å². The highest BCUT2D eigenvalue weighted by molar-refractivity contribution is 5.83. The summed E-state index contributed by atoms with van der Waals surface area (Å²) in [4.78, 5) is 39.8. The number of nitrogens with one attached hydrogen (secondary N) is 1. The first-order valence-corrected chi connectivity index (χ1v) is 9.60. The van der Waals surface area contributed by atoms with Crippen LogP contribution in [-0.2, 0) is 20.9 Å². The highest BCUT2D eigenvalue weighted by atomic mass is 19.1. The number of piperidine rings is 1. The standard InChI is InChI=1S/C20H26FN3O3/c21-17-5-1-4-15(12-17)13-22-20(27)16-7-8-19(26)24(14-16)11-3-10-23-9-2-6-18(23)25/h1,4-5,12,16H,2-3,6-11,13-14H2,(H,22,27)/t16-/m1/s1. The van der Waals surface area contributed by atoms with Gasteiger partial charge in [-0.25, -0.2) is 4.39 Å². The molecule has 0 saturated carbocycles. The zero-order valence-corrected chi connectivity index (χ0v) is 15.5. The Morgan fingerprint density at radius 1 is 1.15 bits per heavy atom. The molecule has 0 aliphatic carbocycles. The molecule has 146 valence electrons. The lowest BCUT2D eigenvalue weighted by atomic mass is 9.96. The van der Waals surface area contributed by atoms with E-state index in [4.69, 9.17) is 0 Å². The third-order valence-electron chi connectivity index (χ3n) is 5.25. The van der Waals surface area contributed by atoms with Gasteiger partial charge in [0.2, 0.25) is 17.7 Å². The van der Waals surface area contributed by atoms with Crippen molar-refractivity contribution >= 4 is 17.7 Å². The van der Waals surface area contributed by atoms with E-state index in [1.54, 1.807) is 17.0 Å². The SMILES string of the molecule is O=C(NCc1cccc(F)c1)[C@@H]1CCC(=O)N(CCCN2CCCC2=O)C1. The van der Waals surface area contributed by atoms with Gasteiger partial charge >= 0.3 is 0 Å². The second-order valence-electron chi connectivity index (χ2n) is 7.26. The maximum Gasteiger partial charge on any atom is 0.225 e. The van der Waals surface area contributed by atoms with E-state index < -0.39 is 0 Å². The highest BCUT2D eigenvalue weighted by Crippen LogP contribution is 2.19. The Balaban J connectivity index is 1.44. The third-order valence-corrected chi connectivity index (χ3v) is 5.25. The van der Waals surface area contributed by atoms with Crippen LogP contribution in [0.5, 0.6) is 0 Å². The number of rotatable bonds is 7. The maximum absolute atomic E-state index is 13.2. The van der Waals surface area contributed by atoms with Crippen LogP contribution in [0.25, 0.3) is 0 Å². The highest BCUT2D eigenvalue weighted by Gasteiger charge is 2.30. The van der Waals surface area contributed by atoms with E-state index in [1.165, 1.54) is 12.1 Å². The molecule has 0 spiro atoms. The molecule has 0 unspecified atom stereocenters. The first-order valence-electron chi connectivity index (χ1n) is 9.60. The molecule has 7 heteroatoms. The van der Waals surface area contributed by atoms with Crippen molar-refractivity contribution in [3.63, 3.8) is 0 Å². The number of carbonyl (C=O) groups excluding carboxylic acids is 3. The lowest BCUT2D eigenvalue weighted by molar-refractivity contribution is -0.138. The first-order chi connectivity index (χ1) is 13.0. The Hall–Kier alpha value is -2.44. The van der Waals surface area contributed by atoms with Crippen molar-refractivity contribution in [3.05, 3.63) is 35.6 Å². The topological polar surface area (TPSA) is 69.7 Å². The molecule has 1 aromatic rings. The van der Waals surface area contributed by atoms with Gasteiger partial charge in [-0.3, -0.25) is 14.4 Å². The number of amides is 3. The zero-order chi connectivity index (χ0) is 19.2. The van der Waals surface area contributed by atoms with E-state index in [0.717, 1.165) is 19.4 Å². The third kappa shape index (κ3) is 5.28. The largest absolute Gasteiger partial charge is 0.352 e. The second kappa shape index (κ2) is 8.97. The molecule has 2 aliphatic rings. The Bertz CT molecular complexity index is 709. The molecule has 27 heavy (non-hydrogen) atoms. The van der Waals surface area contributed by atoms with Crippen LogP contribution in [0.15, 0.2) is 24.3 Å². The molecule has 0 radical (unpaired) electrons. The predicted octanol–water partition coefficient (Wildman–Crippen LogP) is 1.69. The number of halogens is 1. The summed E-state index contributed by atoms with van der Waals surface area (Å²) in [6, 6.07) is 6.14. The minimum Gasteiger partial charge on any atom is -0.352 e. The molecule has 3 amide bonds. The van der Waals surface area contributed by atoms with Crippen molar-refractivity contribution in [2.45, 2.75) is 38.6 Å². The van der Waals surface area contributed by atoms with Crippen LogP contribution in [-0.4, -0.2) is 53.7 Å². The van der Waals surface area contributed by atoms with Crippen molar-refractivity contribution in [2.75, 3.05) is 26.2 Å². The lowest BCUT2D eigenvalue weighted by Crippen LogP contribution is -2.46. The summed E-state index contributed by atoms with van der Waals surface area (Å²) in [6.07, 6.45) is 3.16. The van der Waals surface area contributed by atoms with Crippen LogP contribution in [0.4, 0.5) is 4.39 Å². The molecule has 2 fully saturated rings. The smallest absolute Gasteiger partial charge is 0.225 e. The summed E-state index contributed by atoms with van der Waals surface area (Å²) in [5.41, 5.74) is 0.711. The van der Waals surface area contributed by atoms with Crippen molar-refractivity contribution in [3.8, 4) is 0 Å². The van der Waals surface area contributed by atoms with Gasteiger partial charge in [0.1, 0.15) is 5.82 Å². The summed E-state index contributed by atoms with van der Waals surface area (Å²) in [7, 11) is 0. The molecule has 2 aliphatic heterocycles. The molecule has 3 rings (SSSR count).